The van der Waals surface area contributed by atoms with Crippen LogP contribution in [0.25, 0.3) is 0 Å². The van der Waals surface area contributed by atoms with Crippen LogP contribution in [0.3, 0.4) is 0 Å². The second-order valence-electron chi connectivity index (χ2n) is 4.29. The van der Waals surface area contributed by atoms with Crippen molar-refractivity contribution in [3.8, 4) is 11.5 Å². The molecule has 0 aromatic heterocycles. The number of ether oxygens (including phenoxy) is 2. The zero-order valence-electron chi connectivity index (χ0n) is 10.9. The zero-order chi connectivity index (χ0) is 14.6. The van der Waals surface area contributed by atoms with E-state index in [1.54, 1.807) is 30.3 Å². The van der Waals surface area contributed by atoms with Crippen LogP contribution in [0.5, 0.6) is 11.5 Å². The van der Waals surface area contributed by atoms with E-state index in [4.69, 9.17) is 15.2 Å². The van der Waals surface area contributed by atoms with Crippen molar-refractivity contribution in [2.24, 2.45) is 5.73 Å². The zero-order valence-corrected chi connectivity index (χ0v) is 10.9. The van der Waals surface area contributed by atoms with Gasteiger partial charge in [-0.2, -0.15) is 0 Å². The topological polar surface area (TPSA) is 87.6 Å². The highest BCUT2D eigenvalue weighted by Gasteiger charge is 2.23. The van der Waals surface area contributed by atoms with Gasteiger partial charge < -0.3 is 9.47 Å². The quantitative estimate of drug-likeness (QED) is 0.514. The average Bonchev–Trinajstić information content (AvgIpc) is 2.39. The highest BCUT2D eigenvalue weighted by atomic mass is 16.7. The van der Waals surface area contributed by atoms with Crippen LogP contribution in [0.15, 0.2) is 54.6 Å². The molecule has 0 fully saturated rings. The molecule has 20 heavy (non-hydrogen) atoms. The van der Waals surface area contributed by atoms with Crippen molar-refractivity contribution in [3.05, 3.63) is 64.7 Å². The van der Waals surface area contributed by atoms with Gasteiger partial charge in [-0.05, 0) is 18.2 Å². The molecule has 2 aromatic rings. The van der Waals surface area contributed by atoms with Gasteiger partial charge in [-0.25, -0.2) is 0 Å². The molecule has 0 heterocycles. The number of hydrogen-bond donors (Lipinski definition) is 1. The minimum atomic E-state index is -1.43. The Kier molecular flexibility index (Phi) is 3.86. The monoisotopic (exact) mass is 274 g/mol. The smallest absolute Gasteiger partial charge is 0.307 e. The third-order valence-corrected chi connectivity index (χ3v) is 2.41. The van der Waals surface area contributed by atoms with Gasteiger partial charge in [0.25, 0.3) is 5.69 Å². The maximum atomic E-state index is 10.7. The van der Waals surface area contributed by atoms with Crippen LogP contribution < -0.4 is 15.2 Å². The van der Waals surface area contributed by atoms with Gasteiger partial charge in [0.1, 0.15) is 11.5 Å². The Morgan fingerprint density at radius 3 is 2.30 bits per heavy atom. The fraction of sp³-hybridized carbons (Fsp3) is 0.143. The highest BCUT2D eigenvalue weighted by Crippen LogP contribution is 2.23. The van der Waals surface area contributed by atoms with E-state index < -0.39 is 10.8 Å². The predicted octanol–water partition coefficient (Wildman–Crippen LogP) is 2.69. The maximum absolute atomic E-state index is 10.7. The second kappa shape index (κ2) is 5.58. The fourth-order valence-corrected chi connectivity index (χ4v) is 1.64. The summed E-state index contributed by atoms with van der Waals surface area (Å²) in [7, 11) is 0. The minimum Gasteiger partial charge on any atom is -0.440 e. The van der Waals surface area contributed by atoms with Crippen LogP contribution in [0.2, 0.25) is 0 Å². The van der Waals surface area contributed by atoms with Gasteiger partial charge in [-0.1, -0.05) is 24.3 Å². The standard InChI is InChI=1S/C14H14N2O4/c1-14(15,19-12-7-3-2-4-8-12)20-13-9-5-6-11(10-13)16(17)18/h2-10H,15H2,1H3. The second-order valence-corrected chi connectivity index (χ2v) is 4.29. The molecule has 104 valence electrons. The Morgan fingerprint density at radius 1 is 1.05 bits per heavy atom. The molecule has 0 saturated heterocycles. The lowest BCUT2D eigenvalue weighted by atomic mass is 10.3. The molecule has 2 N–H and O–H groups in total. The number of benzene rings is 2. The Bertz CT molecular complexity index is 599. The molecule has 2 aromatic carbocycles. The molecule has 0 aliphatic carbocycles. The van der Waals surface area contributed by atoms with Gasteiger partial charge in [-0.15, -0.1) is 0 Å². The summed E-state index contributed by atoms with van der Waals surface area (Å²) in [6, 6.07) is 14.7. The summed E-state index contributed by atoms with van der Waals surface area (Å²) in [5, 5.41) is 10.7. The van der Waals surface area contributed by atoms with E-state index in [9.17, 15) is 10.1 Å². The molecule has 0 aliphatic rings. The van der Waals surface area contributed by atoms with Crippen molar-refractivity contribution < 1.29 is 14.4 Å². The van der Waals surface area contributed by atoms with Crippen LogP contribution in [0.4, 0.5) is 5.69 Å². The van der Waals surface area contributed by atoms with Crippen LogP contribution in [0, 0.1) is 10.1 Å². The fourth-order valence-electron chi connectivity index (χ4n) is 1.64. The number of rotatable bonds is 5. The van der Waals surface area contributed by atoms with E-state index in [2.05, 4.69) is 0 Å². The Balaban J connectivity index is 2.11. The summed E-state index contributed by atoms with van der Waals surface area (Å²) in [4.78, 5) is 10.2. The normalized spacial score (nSPS) is 13.3. The minimum absolute atomic E-state index is 0.0713. The lowest BCUT2D eigenvalue weighted by Crippen LogP contribution is -2.48. The van der Waals surface area contributed by atoms with Gasteiger partial charge in [0, 0.05) is 13.0 Å². The summed E-state index contributed by atoms with van der Waals surface area (Å²) in [5.41, 5.74) is 5.82. The maximum Gasteiger partial charge on any atom is 0.307 e. The third kappa shape index (κ3) is 3.69. The van der Waals surface area contributed by atoms with Gasteiger partial charge >= 0.3 is 5.91 Å². The first-order valence-electron chi connectivity index (χ1n) is 5.93. The van der Waals surface area contributed by atoms with Gasteiger partial charge in [0.15, 0.2) is 0 Å². The summed E-state index contributed by atoms with van der Waals surface area (Å²) >= 11 is 0. The molecule has 0 spiro atoms. The van der Waals surface area contributed by atoms with E-state index >= 15 is 0 Å². The van der Waals surface area contributed by atoms with Crippen LogP contribution in [0.1, 0.15) is 6.92 Å². The molecule has 6 heteroatoms. The first kappa shape index (κ1) is 13.8. The van der Waals surface area contributed by atoms with Crippen LogP contribution >= 0.6 is 0 Å². The molecule has 0 bridgehead atoms. The Morgan fingerprint density at radius 2 is 1.65 bits per heavy atom. The summed E-state index contributed by atoms with van der Waals surface area (Å²) < 4.78 is 10.9. The van der Waals surface area contributed by atoms with Crippen molar-refractivity contribution in [1.29, 1.82) is 0 Å². The van der Waals surface area contributed by atoms with E-state index in [1.165, 1.54) is 25.1 Å². The Hall–Kier alpha value is -2.60. The number of nitro groups is 1. The SMILES string of the molecule is CC(N)(Oc1ccccc1)Oc1cccc([N+](=O)[O-])c1. The first-order valence-corrected chi connectivity index (χ1v) is 5.93. The number of nitrogens with two attached hydrogens (primary N) is 1. The summed E-state index contributed by atoms with van der Waals surface area (Å²) in [6.07, 6.45) is 0. The summed E-state index contributed by atoms with van der Waals surface area (Å²) in [6.45, 7) is 1.53. The van der Waals surface area contributed by atoms with Crippen molar-refractivity contribution in [3.63, 3.8) is 0 Å². The number of nitrogens with zero attached hydrogens (tertiary/aromatic N) is 1. The first-order chi connectivity index (χ1) is 9.46. The molecular weight excluding hydrogens is 260 g/mol. The summed E-state index contributed by atoms with van der Waals surface area (Å²) in [5.74, 6) is -0.626. The molecular formula is C14H14N2O4. The highest BCUT2D eigenvalue weighted by molar-refractivity contribution is 5.38. The van der Waals surface area contributed by atoms with Crippen molar-refractivity contribution in [1.82, 2.24) is 0 Å². The van der Waals surface area contributed by atoms with Crippen molar-refractivity contribution >= 4 is 5.69 Å². The van der Waals surface area contributed by atoms with E-state index in [1.807, 2.05) is 6.07 Å². The van der Waals surface area contributed by atoms with Gasteiger partial charge in [0.05, 0.1) is 11.0 Å². The number of non-ortho nitro benzene ring substituents is 1. The van der Waals surface area contributed by atoms with Crippen LogP contribution in [-0.2, 0) is 0 Å². The van der Waals surface area contributed by atoms with Crippen molar-refractivity contribution in [2.45, 2.75) is 12.8 Å². The lowest BCUT2D eigenvalue weighted by molar-refractivity contribution is -0.385. The van der Waals surface area contributed by atoms with Crippen LogP contribution in [-0.4, -0.2) is 10.8 Å². The molecule has 6 nitrogen and oxygen atoms in total. The molecule has 2 rings (SSSR count). The van der Waals surface area contributed by atoms with E-state index in [0.717, 1.165) is 0 Å². The van der Waals surface area contributed by atoms with Crippen molar-refractivity contribution in [2.75, 3.05) is 0 Å². The molecule has 0 aliphatic heterocycles. The molecule has 1 atom stereocenters. The van der Waals surface area contributed by atoms with E-state index in [-0.39, 0.29) is 11.4 Å². The number of hydrogen-bond acceptors (Lipinski definition) is 5. The molecule has 0 radical (unpaired) electrons. The lowest BCUT2D eigenvalue weighted by Gasteiger charge is -2.26. The Labute approximate surface area is 115 Å². The molecule has 0 saturated carbocycles. The molecule has 0 amide bonds. The average molecular weight is 274 g/mol. The predicted molar refractivity (Wildman–Crippen MR) is 73.4 cm³/mol. The van der Waals surface area contributed by atoms with Gasteiger partial charge in [-0.3, -0.25) is 15.8 Å². The number of nitro benzene ring substituents is 1. The number of para-hydroxylation sites is 1. The third-order valence-electron chi connectivity index (χ3n) is 2.41. The molecule has 1 unspecified atom stereocenters. The largest absolute Gasteiger partial charge is 0.440 e. The van der Waals surface area contributed by atoms with Gasteiger partial charge in [0.2, 0.25) is 0 Å². The van der Waals surface area contributed by atoms with E-state index in [0.29, 0.717) is 5.75 Å².